The summed E-state index contributed by atoms with van der Waals surface area (Å²) in [6.45, 7) is 2.98. The highest BCUT2D eigenvalue weighted by molar-refractivity contribution is 9.10. The molecule has 1 aromatic heterocycles. The summed E-state index contributed by atoms with van der Waals surface area (Å²) in [6.07, 6.45) is 1.05. The molecule has 0 N–H and O–H groups in total. The average Bonchev–Trinajstić information content (AvgIpc) is 2.83. The Labute approximate surface area is 113 Å². The maximum absolute atomic E-state index is 12.3. The molecule has 5 heteroatoms. The van der Waals surface area contributed by atoms with E-state index in [1.165, 1.54) is 11.3 Å². The molecular weight excluding hydrogens is 310 g/mol. The Bertz CT molecular complexity index is 395. The lowest BCUT2D eigenvalue weighted by atomic mass is 10.1. The fraction of sp³-hybridized carbons (Fsp3) is 0.545. The summed E-state index contributed by atoms with van der Waals surface area (Å²) in [7, 11) is 0. The summed E-state index contributed by atoms with van der Waals surface area (Å²) < 4.78 is 0.885. The first-order valence-corrected chi connectivity index (χ1v) is 7.45. The van der Waals surface area contributed by atoms with Gasteiger partial charge in [-0.15, -0.1) is 22.9 Å². The van der Waals surface area contributed by atoms with Gasteiger partial charge >= 0.3 is 0 Å². The summed E-state index contributed by atoms with van der Waals surface area (Å²) >= 11 is 10.8. The van der Waals surface area contributed by atoms with Crippen LogP contribution in [0.2, 0.25) is 0 Å². The van der Waals surface area contributed by atoms with E-state index in [2.05, 4.69) is 22.9 Å². The van der Waals surface area contributed by atoms with Crippen LogP contribution in [0.4, 0.5) is 0 Å². The topological polar surface area (TPSA) is 20.3 Å². The second kappa shape index (κ2) is 5.07. The highest BCUT2D eigenvalue weighted by atomic mass is 79.9. The van der Waals surface area contributed by atoms with Gasteiger partial charge in [0.2, 0.25) is 0 Å². The molecule has 0 radical (unpaired) electrons. The number of thiophene rings is 1. The van der Waals surface area contributed by atoms with Crippen molar-refractivity contribution >= 4 is 44.8 Å². The summed E-state index contributed by atoms with van der Waals surface area (Å²) in [4.78, 5) is 15.0. The lowest BCUT2D eigenvalue weighted by Gasteiger charge is -2.24. The zero-order valence-electron chi connectivity index (χ0n) is 8.95. The van der Waals surface area contributed by atoms with E-state index in [9.17, 15) is 4.79 Å². The molecule has 1 aliphatic rings. The average molecular weight is 323 g/mol. The van der Waals surface area contributed by atoms with Crippen molar-refractivity contribution in [3.63, 3.8) is 0 Å². The molecular formula is C11H13BrClNOS. The van der Waals surface area contributed by atoms with Crippen LogP contribution >= 0.6 is 38.9 Å². The molecule has 88 valence electrons. The maximum Gasteiger partial charge on any atom is 0.265 e. The van der Waals surface area contributed by atoms with Crippen molar-refractivity contribution in [1.29, 1.82) is 0 Å². The van der Waals surface area contributed by atoms with Crippen molar-refractivity contribution in [2.75, 3.05) is 12.4 Å². The van der Waals surface area contributed by atoms with E-state index in [-0.39, 0.29) is 11.9 Å². The van der Waals surface area contributed by atoms with E-state index >= 15 is 0 Å². The summed E-state index contributed by atoms with van der Waals surface area (Å²) in [6, 6.07) is 2.09. The van der Waals surface area contributed by atoms with Gasteiger partial charge in [0.05, 0.1) is 0 Å². The van der Waals surface area contributed by atoms with E-state index in [4.69, 9.17) is 11.6 Å². The summed E-state index contributed by atoms with van der Waals surface area (Å²) in [5.41, 5.74) is 0. The van der Waals surface area contributed by atoms with Crippen LogP contribution in [0.15, 0.2) is 15.9 Å². The third kappa shape index (κ3) is 2.15. The van der Waals surface area contributed by atoms with Gasteiger partial charge < -0.3 is 4.90 Å². The molecule has 1 saturated heterocycles. The fourth-order valence-corrected chi connectivity index (χ4v) is 4.04. The van der Waals surface area contributed by atoms with Crippen LogP contribution < -0.4 is 0 Å². The zero-order chi connectivity index (χ0) is 11.7. The first-order chi connectivity index (χ1) is 7.65. The Kier molecular flexibility index (Phi) is 3.93. The predicted molar refractivity (Wildman–Crippen MR) is 71.3 cm³/mol. The Morgan fingerprint density at radius 1 is 1.75 bits per heavy atom. The minimum atomic E-state index is 0.108. The number of hydrogen-bond acceptors (Lipinski definition) is 2. The van der Waals surface area contributed by atoms with Gasteiger partial charge in [0.25, 0.3) is 5.91 Å². The molecule has 1 aromatic rings. The van der Waals surface area contributed by atoms with Crippen molar-refractivity contribution < 1.29 is 4.79 Å². The van der Waals surface area contributed by atoms with E-state index in [0.29, 0.717) is 11.8 Å². The lowest BCUT2D eigenvalue weighted by molar-refractivity contribution is 0.0741. The fourth-order valence-electron chi connectivity index (χ4n) is 2.07. The van der Waals surface area contributed by atoms with Crippen LogP contribution in [-0.4, -0.2) is 29.3 Å². The van der Waals surface area contributed by atoms with Gasteiger partial charge in [-0.2, -0.15) is 0 Å². The molecule has 2 unspecified atom stereocenters. The van der Waals surface area contributed by atoms with Crippen LogP contribution in [0.1, 0.15) is 23.0 Å². The minimum absolute atomic E-state index is 0.108. The van der Waals surface area contributed by atoms with Crippen LogP contribution in [-0.2, 0) is 0 Å². The zero-order valence-corrected chi connectivity index (χ0v) is 12.1. The number of rotatable bonds is 2. The quantitative estimate of drug-likeness (QED) is 0.762. The molecule has 16 heavy (non-hydrogen) atoms. The van der Waals surface area contributed by atoms with E-state index in [1.54, 1.807) is 0 Å². The smallest absolute Gasteiger partial charge is 0.265 e. The molecule has 2 nitrogen and oxygen atoms in total. The SMILES string of the molecule is CC1CCN(C(=O)c2sccc2Br)C1CCl. The lowest BCUT2D eigenvalue weighted by Crippen LogP contribution is -2.38. The van der Waals surface area contributed by atoms with Crippen molar-refractivity contribution in [2.24, 2.45) is 5.92 Å². The summed E-state index contributed by atoms with van der Waals surface area (Å²) in [5, 5.41) is 1.92. The number of carbonyl (C=O) groups is 1. The normalized spacial score (nSPS) is 25.1. The van der Waals surface area contributed by atoms with Gasteiger partial charge in [-0.3, -0.25) is 4.79 Å². The Morgan fingerprint density at radius 3 is 3.06 bits per heavy atom. The van der Waals surface area contributed by atoms with Gasteiger partial charge in [-0.25, -0.2) is 0 Å². The molecule has 1 aliphatic heterocycles. The Morgan fingerprint density at radius 2 is 2.50 bits per heavy atom. The van der Waals surface area contributed by atoms with Crippen LogP contribution in [0.5, 0.6) is 0 Å². The second-order valence-corrected chi connectivity index (χ2v) is 6.16. The van der Waals surface area contributed by atoms with Crippen LogP contribution in [0.25, 0.3) is 0 Å². The third-order valence-corrected chi connectivity index (χ3v) is 5.25. The Hall–Kier alpha value is -0.0600. The number of hydrogen-bond donors (Lipinski definition) is 0. The Balaban J connectivity index is 2.20. The standard InChI is InChI=1S/C11H13BrClNOS/c1-7-2-4-14(9(7)6-13)11(15)10-8(12)3-5-16-10/h3,5,7,9H,2,4,6H2,1H3. The molecule has 0 bridgehead atoms. The molecule has 2 rings (SSSR count). The number of amides is 1. The van der Waals surface area contributed by atoms with E-state index < -0.39 is 0 Å². The molecule has 1 fully saturated rings. The monoisotopic (exact) mass is 321 g/mol. The highest BCUT2D eigenvalue weighted by Crippen LogP contribution is 2.30. The first kappa shape index (κ1) is 12.4. The molecule has 2 atom stereocenters. The number of halogens is 2. The number of likely N-dealkylation sites (tertiary alicyclic amines) is 1. The summed E-state index contributed by atoms with van der Waals surface area (Å²) in [5.74, 6) is 1.13. The first-order valence-electron chi connectivity index (χ1n) is 5.25. The maximum atomic E-state index is 12.3. The molecule has 2 heterocycles. The van der Waals surface area contributed by atoms with Crippen molar-refractivity contribution in [1.82, 2.24) is 4.90 Å². The predicted octanol–water partition coefficient (Wildman–Crippen LogP) is 3.60. The van der Waals surface area contributed by atoms with E-state index in [1.807, 2.05) is 16.3 Å². The molecule has 0 aromatic carbocycles. The molecule has 1 amide bonds. The third-order valence-electron chi connectivity index (χ3n) is 3.11. The van der Waals surface area contributed by atoms with Gasteiger partial charge in [0.15, 0.2) is 0 Å². The van der Waals surface area contributed by atoms with Crippen molar-refractivity contribution in [3.8, 4) is 0 Å². The van der Waals surface area contributed by atoms with Gasteiger partial charge in [0, 0.05) is 22.9 Å². The second-order valence-electron chi connectivity index (χ2n) is 4.08. The van der Waals surface area contributed by atoms with Gasteiger partial charge in [-0.05, 0) is 39.7 Å². The highest BCUT2D eigenvalue weighted by Gasteiger charge is 2.35. The van der Waals surface area contributed by atoms with Gasteiger partial charge in [0.1, 0.15) is 4.88 Å². The van der Waals surface area contributed by atoms with E-state index in [0.717, 1.165) is 22.3 Å². The minimum Gasteiger partial charge on any atom is -0.333 e. The van der Waals surface area contributed by atoms with Crippen molar-refractivity contribution in [3.05, 3.63) is 20.8 Å². The molecule has 0 aliphatic carbocycles. The van der Waals surface area contributed by atoms with Gasteiger partial charge in [-0.1, -0.05) is 6.92 Å². The van der Waals surface area contributed by atoms with Crippen molar-refractivity contribution in [2.45, 2.75) is 19.4 Å². The number of carbonyl (C=O) groups excluding carboxylic acids is 1. The molecule has 0 saturated carbocycles. The largest absolute Gasteiger partial charge is 0.333 e. The van der Waals surface area contributed by atoms with Crippen LogP contribution in [0, 0.1) is 5.92 Å². The molecule has 0 spiro atoms. The van der Waals surface area contributed by atoms with Crippen LogP contribution in [0.3, 0.4) is 0 Å². The number of alkyl halides is 1. The number of nitrogens with zero attached hydrogens (tertiary/aromatic N) is 1.